The lowest BCUT2D eigenvalue weighted by molar-refractivity contribution is -0.121. The van der Waals surface area contributed by atoms with Crippen LogP contribution in [0.5, 0.6) is 0 Å². The van der Waals surface area contributed by atoms with Crippen LogP contribution in [0.4, 0.5) is 0 Å². The van der Waals surface area contributed by atoms with Gasteiger partial charge in [-0.3, -0.25) is 9.59 Å². The molecule has 0 saturated heterocycles. The normalized spacial score (nSPS) is 11.9. The molecule has 0 aliphatic rings. The van der Waals surface area contributed by atoms with Gasteiger partial charge in [-0.25, -0.2) is 0 Å². The lowest BCUT2D eigenvalue weighted by atomic mass is 10.1. The summed E-state index contributed by atoms with van der Waals surface area (Å²) in [5.74, 6) is -0.291. The lowest BCUT2D eigenvalue weighted by Gasteiger charge is -2.24. The van der Waals surface area contributed by atoms with Crippen LogP contribution in [0.15, 0.2) is 54.6 Å². The average Bonchev–Trinajstić information content (AvgIpc) is 2.66. The van der Waals surface area contributed by atoms with E-state index in [1.54, 1.807) is 24.3 Å². The molecule has 0 aromatic heterocycles. The zero-order valence-corrected chi connectivity index (χ0v) is 16.5. The summed E-state index contributed by atoms with van der Waals surface area (Å²) in [7, 11) is 4.01. The molecular formula is C21H26ClN3O2. The largest absolute Gasteiger partial charge is 0.354 e. The summed E-state index contributed by atoms with van der Waals surface area (Å²) in [6.45, 7) is 0.852. The molecule has 0 fully saturated rings. The number of carbonyl (C=O) groups excluding carboxylic acids is 2. The van der Waals surface area contributed by atoms with Gasteiger partial charge in [-0.1, -0.05) is 41.9 Å². The van der Waals surface area contributed by atoms with Crippen molar-refractivity contribution in [1.29, 1.82) is 0 Å². The topological polar surface area (TPSA) is 61.4 Å². The number of nitrogens with one attached hydrogen (secondary N) is 2. The van der Waals surface area contributed by atoms with Crippen LogP contribution in [0.25, 0.3) is 0 Å². The molecule has 0 spiro atoms. The van der Waals surface area contributed by atoms with Gasteiger partial charge in [0.2, 0.25) is 5.91 Å². The zero-order chi connectivity index (χ0) is 19.6. The molecule has 5 nitrogen and oxygen atoms in total. The Morgan fingerprint density at radius 1 is 1.00 bits per heavy atom. The van der Waals surface area contributed by atoms with Crippen molar-refractivity contribution in [3.8, 4) is 0 Å². The quantitative estimate of drug-likeness (QED) is 0.695. The van der Waals surface area contributed by atoms with Crippen molar-refractivity contribution in [2.45, 2.75) is 18.9 Å². The van der Waals surface area contributed by atoms with Gasteiger partial charge in [0.15, 0.2) is 0 Å². The Morgan fingerprint density at radius 3 is 2.30 bits per heavy atom. The first-order valence-electron chi connectivity index (χ1n) is 8.96. The van der Waals surface area contributed by atoms with Crippen LogP contribution in [-0.4, -0.2) is 49.9 Å². The molecule has 0 heterocycles. The number of hydrogen-bond acceptors (Lipinski definition) is 3. The monoisotopic (exact) mass is 387 g/mol. The molecule has 2 aromatic carbocycles. The molecule has 0 aliphatic heterocycles. The Morgan fingerprint density at radius 2 is 1.67 bits per heavy atom. The third-order valence-electron chi connectivity index (χ3n) is 4.32. The first-order chi connectivity index (χ1) is 13.0. The van der Waals surface area contributed by atoms with Crippen LogP contribution < -0.4 is 10.6 Å². The van der Waals surface area contributed by atoms with Gasteiger partial charge in [0, 0.05) is 36.1 Å². The van der Waals surface area contributed by atoms with Crippen molar-refractivity contribution >= 4 is 23.4 Å². The van der Waals surface area contributed by atoms with Crippen molar-refractivity contribution in [3.05, 3.63) is 70.7 Å². The number of nitrogens with zero attached hydrogens (tertiary/aromatic N) is 1. The summed E-state index contributed by atoms with van der Waals surface area (Å²) in [6, 6.07) is 17.1. The molecule has 0 saturated carbocycles. The maximum Gasteiger partial charge on any atom is 0.251 e. The van der Waals surface area contributed by atoms with Gasteiger partial charge in [0.1, 0.15) is 0 Å². The number of benzene rings is 2. The van der Waals surface area contributed by atoms with Gasteiger partial charge < -0.3 is 15.5 Å². The predicted octanol–water partition coefficient (Wildman–Crippen LogP) is 2.75. The van der Waals surface area contributed by atoms with E-state index in [-0.39, 0.29) is 24.3 Å². The molecule has 1 atom stereocenters. The maximum atomic E-state index is 12.1. The van der Waals surface area contributed by atoms with E-state index in [1.807, 2.05) is 32.3 Å². The van der Waals surface area contributed by atoms with E-state index < -0.39 is 0 Å². The zero-order valence-electron chi connectivity index (χ0n) is 15.7. The van der Waals surface area contributed by atoms with Crippen LogP contribution in [0.2, 0.25) is 5.02 Å². The molecule has 0 bridgehead atoms. The molecule has 27 heavy (non-hydrogen) atoms. The highest BCUT2D eigenvalue weighted by Gasteiger charge is 2.14. The minimum Gasteiger partial charge on any atom is -0.354 e. The Bertz CT molecular complexity index is 733. The Kier molecular flexibility index (Phi) is 8.30. The van der Waals surface area contributed by atoms with Gasteiger partial charge in [-0.2, -0.15) is 0 Å². The molecule has 0 aliphatic carbocycles. The third-order valence-corrected chi connectivity index (χ3v) is 4.58. The highest BCUT2D eigenvalue weighted by molar-refractivity contribution is 6.30. The summed E-state index contributed by atoms with van der Waals surface area (Å²) in [5, 5.41) is 6.28. The smallest absolute Gasteiger partial charge is 0.251 e. The Hall–Kier alpha value is -2.37. The molecule has 2 rings (SSSR count). The molecule has 2 aromatic rings. The fourth-order valence-corrected chi connectivity index (χ4v) is 2.76. The SMILES string of the molecule is CN(C)C(CNC(=O)CCNC(=O)c1ccc(Cl)cc1)Cc1ccccc1. The molecule has 6 heteroatoms. The molecular weight excluding hydrogens is 362 g/mol. The second-order valence-electron chi connectivity index (χ2n) is 6.62. The first-order valence-corrected chi connectivity index (χ1v) is 9.34. The second kappa shape index (κ2) is 10.7. The van der Waals surface area contributed by atoms with Crippen LogP contribution in [0.3, 0.4) is 0 Å². The Balaban J connectivity index is 1.72. The molecule has 2 N–H and O–H groups in total. The lowest BCUT2D eigenvalue weighted by Crippen LogP contribution is -2.42. The summed E-state index contributed by atoms with van der Waals surface area (Å²) in [4.78, 5) is 26.2. The van der Waals surface area contributed by atoms with Crippen LogP contribution in [-0.2, 0) is 11.2 Å². The third kappa shape index (κ3) is 7.41. The van der Waals surface area contributed by atoms with E-state index in [2.05, 4.69) is 27.7 Å². The van der Waals surface area contributed by atoms with Crippen LogP contribution >= 0.6 is 11.6 Å². The number of likely N-dealkylation sites (N-methyl/N-ethyl adjacent to an activating group) is 1. The first kappa shape index (κ1) is 20.9. The van der Waals surface area contributed by atoms with Crippen molar-refractivity contribution in [1.82, 2.24) is 15.5 Å². The van der Waals surface area contributed by atoms with Crippen molar-refractivity contribution in [2.24, 2.45) is 0 Å². The van der Waals surface area contributed by atoms with E-state index in [1.165, 1.54) is 5.56 Å². The molecule has 0 radical (unpaired) electrons. The highest BCUT2D eigenvalue weighted by atomic mass is 35.5. The highest BCUT2D eigenvalue weighted by Crippen LogP contribution is 2.09. The number of hydrogen-bond donors (Lipinski definition) is 2. The van der Waals surface area contributed by atoms with Crippen molar-refractivity contribution in [3.63, 3.8) is 0 Å². The second-order valence-corrected chi connectivity index (χ2v) is 7.06. The van der Waals surface area contributed by atoms with Gasteiger partial charge in [-0.05, 0) is 50.3 Å². The number of carbonyl (C=O) groups is 2. The minimum atomic E-state index is -0.213. The van der Waals surface area contributed by atoms with E-state index in [9.17, 15) is 9.59 Å². The standard InChI is InChI=1S/C21H26ClN3O2/c1-25(2)19(14-16-6-4-3-5-7-16)15-24-20(26)12-13-23-21(27)17-8-10-18(22)11-9-17/h3-11,19H,12-15H2,1-2H3,(H,23,27)(H,24,26). The number of halogens is 1. The van der Waals surface area contributed by atoms with E-state index in [0.29, 0.717) is 23.7 Å². The van der Waals surface area contributed by atoms with Gasteiger partial charge in [-0.15, -0.1) is 0 Å². The molecule has 144 valence electrons. The van der Waals surface area contributed by atoms with E-state index in [4.69, 9.17) is 11.6 Å². The van der Waals surface area contributed by atoms with Crippen LogP contribution in [0.1, 0.15) is 22.3 Å². The number of rotatable bonds is 9. The fraction of sp³-hybridized carbons (Fsp3) is 0.333. The summed E-state index contributed by atoms with van der Waals surface area (Å²) in [6.07, 6.45) is 1.10. The minimum absolute atomic E-state index is 0.0775. The molecule has 1 unspecified atom stereocenters. The van der Waals surface area contributed by atoms with E-state index in [0.717, 1.165) is 6.42 Å². The summed E-state index contributed by atoms with van der Waals surface area (Å²) < 4.78 is 0. The average molecular weight is 388 g/mol. The summed E-state index contributed by atoms with van der Waals surface area (Å²) in [5.41, 5.74) is 1.76. The Labute approximate surface area is 165 Å². The van der Waals surface area contributed by atoms with Gasteiger partial charge in [0.25, 0.3) is 5.91 Å². The van der Waals surface area contributed by atoms with Crippen molar-refractivity contribution < 1.29 is 9.59 Å². The maximum absolute atomic E-state index is 12.1. The van der Waals surface area contributed by atoms with Crippen LogP contribution in [0, 0.1) is 0 Å². The number of amides is 2. The summed E-state index contributed by atoms with van der Waals surface area (Å²) >= 11 is 5.81. The van der Waals surface area contributed by atoms with Gasteiger partial charge >= 0.3 is 0 Å². The van der Waals surface area contributed by atoms with Crippen molar-refractivity contribution in [2.75, 3.05) is 27.2 Å². The fourth-order valence-electron chi connectivity index (χ4n) is 2.64. The predicted molar refractivity (Wildman–Crippen MR) is 109 cm³/mol. The van der Waals surface area contributed by atoms with Gasteiger partial charge in [0.05, 0.1) is 0 Å². The van der Waals surface area contributed by atoms with E-state index >= 15 is 0 Å². The molecule has 2 amide bonds.